The van der Waals surface area contributed by atoms with Gasteiger partial charge in [-0.2, -0.15) is 0 Å². The molecule has 0 aromatic carbocycles. The number of unbranched alkanes of at least 4 members (excludes halogenated alkanes) is 22. The average Bonchev–Trinajstić information content (AvgIpc) is 4.07. The average molecular weight is 973 g/mol. The van der Waals surface area contributed by atoms with Gasteiger partial charge in [0.25, 0.3) is 0 Å². The summed E-state index contributed by atoms with van der Waals surface area (Å²) in [6.45, 7) is 11.7. The number of hydrogen-bond acceptors (Lipinski definition) is 14. The third kappa shape index (κ3) is 28.3. The Morgan fingerprint density at radius 3 is 1.35 bits per heavy atom. The minimum absolute atomic E-state index is 0.0462. The normalized spacial score (nSPS) is 13.5. The molecule has 5 unspecified atom stereocenters. The fourth-order valence-corrected chi connectivity index (χ4v) is 8.13. The number of carbonyl (C=O) groups is 5. The highest BCUT2D eigenvalue weighted by Gasteiger charge is 2.40. The van der Waals surface area contributed by atoms with Crippen LogP contribution in [0.2, 0.25) is 0 Å². The molecule has 394 valence electrons. The molecule has 0 aliphatic rings. The largest absolute Gasteiger partial charge is 0.459 e. The lowest BCUT2D eigenvalue weighted by molar-refractivity contribution is -0.188. The topological polar surface area (TPSA) is 184 Å². The molecule has 0 aliphatic carbocycles. The van der Waals surface area contributed by atoms with Gasteiger partial charge < -0.3 is 32.5 Å². The first-order valence-electron chi connectivity index (χ1n) is 27.4. The van der Waals surface area contributed by atoms with E-state index in [-0.39, 0.29) is 55.9 Å². The SMILES string of the molecule is CCCCCCCCCCCCCCCCCCCCCC(=O)OC(c1cnco1)c1nc(C(CC(OC(=O)CCCC)C(OC(=O)CCCC)C(C)OC(=O)CCCC)OC(=O)CCCC)co1. The molecule has 0 saturated carbocycles. The Balaban J connectivity index is 2.13. The second-order valence-electron chi connectivity index (χ2n) is 18.8. The number of nitrogens with zero attached hydrogens (tertiary/aromatic N) is 2. The Labute approximate surface area is 415 Å². The van der Waals surface area contributed by atoms with E-state index in [0.29, 0.717) is 32.1 Å². The highest BCUT2D eigenvalue weighted by atomic mass is 16.6. The molecule has 0 spiro atoms. The van der Waals surface area contributed by atoms with Crippen molar-refractivity contribution < 1.29 is 56.5 Å². The molecular formula is C55H92N2O12. The predicted molar refractivity (Wildman–Crippen MR) is 266 cm³/mol. The van der Waals surface area contributed by atoms with E-state index in [0.717, 1.165) is 44.9 Å². The van der Waals surface area contributed by atoms with E-state index >= 15 is 0 Å². The monoisotopic (exact) mass is 973 g/mol. The second kappa shape index (κ2) is 39.5. The van der Waals surface area contributed by atoms with Crippen molar-refractivity contribution in [3.63, 3.8) is 0 Å². The van der Waals surface area contributed by atoms with Gasteiger partial charge in [-0.15, -0.1) is 0 Å². The lowest BCUT2D eigenvalue weighted by atomic mass is 10.00. The van der Waals surface area contributed by atoms with Crippen LogP contribution >= 0.6 is 0 Å². The molecule has 0 saturated heterocycles. The summed E-state index contributed by atoms with van der Waals surface area (Å²) >= 11 is 0. The zero-order valence-corrected chi connectivity index (χ0v) is 43.7. The molecule has 0 amide bonds. The van der Waals surface area contributed by atoms with Crippen molar-refractivity contribution in [1.82, 2.24) is 9.97 Å². The van der Waals surface area contributed by atoms with Crippen molar-refractivity contribution in [2.45, 2.75) is 284 Å². The highest BCUT2D eigenvalue weighted by molar-refractivity contribution is 5.72. The Morgan fingerprint density at radius 1 is 0.478 bits per heavy atom. The van der Waals surface area contributed by atoms with Crippen LogP contribution in [0, 0.1) is 0 Å². The molecule has 2 heterocycles. The van der Waals surface area contributed by atoms with Crippen molar-refractivity contribution in [3.8, 4) is 0 Å². The maximum absolute atomic E-state index is 13.3. The van der Waals surface area contributed by atoms with E-state index in [1.54, 1.807) is 6.92 Å². The van der Waals surface area contributed by atoms with Gasteiger partial charge in [-0.05, 0) is 39.0 Å². The predicted octanol–water partition coefficient (Wildman–Crippen LogP) is 14.6. The van der Waals surface area contributed by atoms with Crippen LogP contribution in [-0.2, 0) is 47.7 Å². The van der Waals surface area contributed by atoms with Crippen LogP contribution in [0.5, 0.6) is 0 Å². The van der Waals surface area contributed by atoms with Gasteiger partial charge in [0.05, 0.1) is 6.20 Å². The Morgan fingerprint density at radius 2 is 0.884 bits per heavy atom. The smallest absolute Gasteiger partial charge is 0.307 e. The van der Waals surface area contributed by atoms with Crippen LogP contribution in [0.1, 0.15) is 283 Å². The number of ether oxygens (including phenoxy) is 5. The van der Waals surface area contributed by atoms with Gasteiger partial charge in [0, 0.05) is 38.5 Å². The molecule has 0 bridgehead atoms. The first-order chi connectivity index (χ1) is 33.6. The van der Waals surface area contributed by atoms with Crippen LogP contribution in [0.15, 0.2) is 27.7 Å². The van der Waals surface area contributed by atoms with Gasteiger partial charge in [0.15, 0.2) is 24.4 Å². The minimum Gasteiger partial charge on any atom is -0.459 e. The van der Waals surface area contributed by atoms with Crippen LogP contribution in [-0.4, -0.2) is 58.1 Å². The van der Waals surface area contributed by atoms with Gasteiger partial charge in [-0.1, -0.05) is 176 Å². The summed E-state index contributed by atoms with van der Waals surface area (Å²) in [5, 5.41) is 0. The summed E-state index contributed by atoms with van der Waals surface area (Å²) in [4.78, 5) is 74.7. The lowest BCUT2D eigenvalue weighted by Crippen LogP contribution is -2.45. The summed E-state index contributed by atoms with van der Waals surface area (Å²) in [5.41, 5.74) is 0.132. The number of carbonyl (C=O) groups excluding carboxylic acids is 5. The zero-order chi connectivity index (χ0) is 50.3. The second-order valence-corrected chi connectivity index (χ2v) is 18.8. The fraction of sp³-hybridized carbons (Fsp3) is 0.800. The Hall–Kier alpha value is -4.23. The molecule has 0 fully saturated rings. The van der Waals surface area contributed by atoms with Gasteiger partial charge in [0.1, 0.15) is 24.2 Å². The van der Waals surface area contributed by atoms with Crippen LogP contribution in [0.3, 0.4) is 0 Å². The molecule has 0 N–H and O–H groups in total. The molecule has 14 nitrogen and oxygen atoms in total. The fourth-order valence-electron chi connectivity index (χ4n) is 8.13. The summed E-state index contributed by atoms with van der Waals surface area (Å²) in [6, 6.07) is 0. The van der Waals surface area contributed by atoms with Gasteiger partial charge in [-0.3, -0.25) is 24.0 Å². The molecule has 0 radical (unpaired) electrons. The summed E-state index contributed by atoms with van der Waals surface area (Å²) in [7, 11) is 0. The van der Waals surface area contributed by atoms with Crippen LogP contribution < -0.4 is 0 Å². The van der Waals surface area contributed by atoms with E-state index < -0.39 is 60.4 Å². The zero-order valence-electron chi connectivity index (χ0n) is 43.7. The number of hydrogen-bond donors (Lipinski definition) is 0. The first kappa shape index (κ1) is 60.9. The molecule has 2 aromatic rings. The standard InChI is InChI=1S/C55H92N2O12/c1-7-12-17-18-19-20-21-22-23-24-25-26-27-28-29-30-31-32-33-38-52(62)69-54(47-40-56-42-64-47)55-57-44(41-63-55)45(66-49(59)35-14-9-3)39-46(67-50(60)36-15-10-4)53(68-51(61)37-16-11-5)43(6)65-48(58)34-13-8-2/h40-43,45-46,53-54H,7-39H2,1-6H3. The van der Waals surface area contributed by atoms with Crippen molar-refractivity contribution in [2.75, 3.05) is 0 Å². The summed E-state index contributed by atoms with van der Waals surface area (Å²) < 4.78 is 41.3. The number of oxazole rings is 2. The lowest BCUT2D eigenvalue weighted by Gasteiger charge is -2.32. The maximum atomic E-state index is 13.3. The molecule has 14 heteroatoms. The van der Waals surface area contributed by atoms with Crippen molar-refractivity contribution in [1.29, 1.82) is 0 Å². The minimum atomic E-state index is -1.25. The van der Waals surface area contributed by atoms with Gasteiger partial charge >= 0.3 is 29.8 Å². The third-order valence-corrected chi connectivity index (χ3v) is 12.4. The molecule has 2 rings (SSSR count). The highest BCUT2D eigenvalue weighted by Crippen LogP contribution is 2.33. The molecular weight excluding hydrogens is 881 g/mol. The van der Waals surface area contributed by atoms with Crippen molar-refractivity contribution >= 4 is 29.8 Å². The Bertz CT molecular complexity index is 1630. The van der Waals surface area contributed by atoms with Crippen LogP contribution in [0.25, 0.3) is 0 Å². The molecule has 2 aromatic heterocycles. The van der Waals surface area contributed by atoms with Crippen LogP contribution in [0.4, 0.5) is 0 Å². The van der Waals surface area contributed by atoms with Gasteiger partial charge in [-0.25, -0.2) is 9.97 Å². The van der Waals surface area contributed by atoms with E-state index in [1.165, 1.54) is 115 Å². The number of rotatable bonds is 44. The quantitative estimate of drug-likeness (QED) is 0.0347. The molecule has 5 atom stereocenters. The van der Waals surface area contributed by atoms with Gasteiger partial charge in [0.2, 0.25) is 12.0 Å². The summed E-state index contributed by atoms with van der Waals surface area (Å²) in [5.74, 6) is -2.44. The van der Waals surface area contributed by atoms with E-state index in [4.69, 9.17) is 32.5 Å². The Kier molecular flexibility index (Phi) is 34.8. The first-order valence-corrected chi connectivity index (χ1v) is 27.4. The molecule has 0 aliphatic heterocycles. The van der Waals surface area contributed by atoms with E-state index in [2.05, 4.69) is 16.9 Å². The van der Waals surface area contributed by atoms with E-state index in [9.17, 15) is 24.0 Å². The van der Waals surface area contributed by atoms with E-state index in [1.807, 2.05) is 27.7 Å². The third-order valence-electron chi connectivity index (χ3n) is 12.4. The maximum Gasteiger partial charge on any atom is 0.307 e. The van der Waals surface area contributed by atoms with Crippen molar-refractivity contribution in [3.05, 3.63) is 36.2 Å². The number of esters is 5. The number of aromatic nitrogens is 2. The summed E-state index contributed by atoms with van der Waals surface area (Å²) in [6.07, 6.45) is 27.7. The molecule has 69 heavy (non-hydrogen) atoms. The van der Waals surface area contributed by atoms with Crippen molar-refractivity contribution in [2.24, 2.45) is 0 Å².